The van der Waals surface area contributed by atoms with E-state index < -0.39 is 16.9 Å². The van der Waals surface area contributed by atoms with Gasteiger partial charge in [-0.15, -0.1) is 0 Å². The maximum atomic E-state index is 12.4. The molecule has 8 heteroatoms. The van der Waals surface area contributed by atoms with Gasteiger partial charge in [-0.1, -0.05) is 26.2 Å². The number of esters is 1. The highest BCUT2D eigenvalue weighted by atomic mass is 16.6. The fraction of sp³-hybridized carbons (Fsp3) is 0.619. The summed E-state index contributed by atoms with van der Waals surface area (Å²) in [5.41, 5.74) is -0.0170. The molecule has 1 aliphatic carbocycles. The Kier molecular flexibility index (Phi) is 8.42. The third-order valence-corrected chi connectivity index (χ3v) is 5.46. The van der Waals surface area contributed by atoms with Gasteiger partial charge < -0.3 is 14.8 Å². The predicted octanol–water partition coefficient (Wildman–Crippen LogP) is 4.47. The van der Waals surface area contributed by atoms with Crippen LogP contribution >= 0.6 is 0 Å². The highest BCUT2D eigenvalue weighted by Crippen LogP contribution is 2.33. The van der Waals surface area contributed by atoms with Crippen molar-refractivity contribution in [3.8, 4) is 5.75 Å². The number of carbonyl (C=O) groups is 2. The standard InChI is InChI=1S/C21H30N2O6/c1-4-5-6-15-7-9-16(10-8-15)21(25)29-14(2)20(24)22-18-13-17(23(26)27)11-12-19(18)28-3/h11-16H,4-10H2,1-3H3,(H,22,24). The van der Waals surface area contributed by atoms with E-state index in [-0.39, 0.29) is 29.0 Å². The van der Waals surface area contributed by atoms with Crippen LogP contribution in [0.3, 0.4) is 0 Å². The second-order valence-corrected chi connectivity index (χ2v) is 7.57. The Morgan fingerprint density at radius 1 is 1.28 bits per heavy atom. The number of rotatable bonds is 9. The molecule has 0 bridgehead atoms. The summed E-state index contributed by atoms with van der Waals surface area (Å²) in [6.07, 6.45) is 6.23. The molecule has 1 N–H and O–H groups in total. The van der Waals surface area contributed by atoms with E-state index in [0.717, 1.165) is 25.7 Å². The van der Waals surface area contributed by atoms with Crippen molar-refractivity contribution >= 4 is 23.3 Å². The molecular weight excluding hydrogens is 376 g/mol. The van der Waals surface area contributed by atoms with E-state index in [4.69, 9.17) is 9.47 Å². The van der Waals surface area contributed by atoms with Gasteiger partial charge in [0.2, 0.25) is 0 Å². The van der Waals surface area contributed by atoms with Crippen LogP contribution in [0.15, 0.2) is 18.2 Å². The topological polar surface area (TPSA) is 108 Å². The summed E-state index contributed by atoms with van der Waals surface area (Å²) in [6, 6.07) is 3.90. The van der Waals surface area contributed by atoms with E-state index in [9.17, 15) is 19.7 Å². The molecule has 1 fully saturated rings. The van der Waals surface area contributed by atoms with Gasteiger partial charge in [0.25, 0.3) is 11.6 Å². The number of benzene rings is 1. The van der Waals surface area contributed by atoms with Crippen molar-refractivity contribution in [2.75, 3.05) is 12.4 Å². The first-order valence-electron chi connectivity index (χ1n) is 10.2. The fourth-order valence-corrected chi connectivity index (χ4v) is 3.65. The van der Waals surface area contributed by atoms with Crippen molar-refractivity contribution < 1.29 is 24.0 Å². The Labute approximate surface area is 171 Å². The molecule has 29 heavy (non-hydrogen) atoms. The van der Waals surface area contributed by atoms with Crippen LogP contribution in [0.5, 0.6) is 5.75 Å². The third-order valence-electron chi connectivity index (χ3n) is 5.46. The highest BCUT2D eigenvalue weighted by Gasteiger charge is 2.29. The Bertz CT molecular complexity index is 728. The number of non-ortho nitro benzene ring substituents is 1. The van der Waals surface area contributed by atoms with Crippen LogP contribution in [0.1, 0.15) is 58.8 Å². The number of unbranched alkanes of at least 4 members (excludes halogenated alkanes) is 1. The highest BCUT2D eigenvalue weighted by molar-refractivity contribution is 5.96. The van der Waals surface area contributed by atoms with Gasteiger partial charge in [-0.3, -0.25) is 19.7 Å². The number of nitro benzene ring substituents is 1. The second kappa shape index (κ2) is 10.8. The smallest absolute Gasteiger partial charge is 0.309 e. The van der Waals surface area contributed by atoms with E-state index in [1.54, 1.807) is 0 Å². The second-order valence-electron chi connectivity index (χ2n) is 7.57. The van der Waals surface area contributed by atoms with Gasteiger partial charge in [0.15, 0.2) is 6.10 Å². The molecule has 1 aliphatic rings. The Morgan fingerprint density at radius 3 is 2.55 bits per heavy atom. The minimum absolute atomic E-state index is 0.158. The summed E-state index contributed by atoms with van der Waals surface area (Å²) >= 11 is 0. The van der Waals surface area contributed by atoms with Crippen LogP contribution in [0.4, 0.5) is 11.4 Å². The van der Waals surface area contributed by atoms with Gasteiger partial charge in [-0.25, -0.2) is 0 Å². The SMILES string of the molecule is CCCCC1CCC(C(=O)OC(C)C(=O)Nc2cc([N+](=O)[O-])ccc2OC)CC1. The van der Waals surface area contributed by atoms with Crippen LogP contribution < -0.4 is 10.1 Å². The first-order valence-corrected chi connectivity index (χ1v) is 10.2. The van der Waals surface area contributed by atoms with Crippen molar-refractivity contribution in [1.29, 1.82) is 0 Å². The molecule has 1 amide bonds. The lowest BCUT2D eigenvalue weighted by Gasteiger charge is -2.28. The maximum Gasteiger partial charge on any atom is 0.309 e. The van der Waals surface area contributed by atoms with Crippen LogP contribution in [-0.4, -0.2) is 30.0 Å². The lowest BCUT2D eigenvalue weighted by Crippen LogP contribution is -2.33. The quantitative estimate of drug-likeness (QED) is 0.368. The van der Waals surface area contributed by atoms with Gasteiger partial charge in [0.1, 0.15) is 5.75 Å². The van der Waals surface area contributed by atoms with E-state index >= 15 is 0 Å². The molecule has 0 heterocycles. The summed E-state index contributed by atoms with van der Waals surface area (Å²) in [6.45, 7) is 3.67. The van der Waals surface area contributed by atoms with Crippen molar-refractivity contribution in [1.82, 2.24) is 0 Å². The number of hydrogen-bond donors (Lipinski definition) is 1. The maximum absolute atomic E-state index is 12.4. The Morgan fingerprint density at radius 2 is 1.97 bits per heavy atom. The molecule has 1 unspecified atom stereocenters. The molecule has 0 aromatic heterocycles. The average molecular weight is 406 g/mol. The zero-order valence-corrected chi connectivity index (χ0v) is 17.3. The zero-order valence-electron chi connectivity index (χ0n) is 17.3. The predicted molar refractivity (Wildman–Crippen MR) is 109 cm³/mol. The number of ether oxygens (including phenoxy) is 2. The first kappa shape index (κ1) is 22.6. The van der Waals surface area contributed by atoms with Gasteiger partial charge in [-0.2, -0.15) is 0 Å². The molecule has 8 nitrogen and oxygen atoms in total. The Hall–Kier alpha value is -2.64. The number of carbonyl (C=O) groups excluding carboxylic acids is 2. The third kappa shape index (κ3) is 6.44. The molecule has 0 saturated heterocycles. The minimum atomic E-state index is -1.01. The molecule has 1 aromatic carbocycles. The monoisotopic (exact) mass is 406 g/mol. The van der Waals surface area contributed by atoms with Crippen LogP contribution in [0.25, 0.3) is 0 Å². The Balaban J connectivity index is 1.90. The van der Waals surface area contributed by atoms with Gasteiger partial charge in [0.05, 0.1) is 23.6 Å². The molecule has 1 saturated carbocycles. The molecule has 0 spiro atoms. The summed E-state index contributed by atoms with van der Waals surface area (Å²) < 4.78 is 10.5. The molecule has 1 atom stereocenters. The van der Waals surface area contributed by atoms with E-state index in [1.807, 2.05) is 0 Å². The van der Waals surface area contributed by atoms with Gasteiger partial charge in [-0.05, 0) is 44.6 Å². The van der Waals surface area contributed by atoms with Gasteiger partial charge >= 0.3 is 5.97 Å². The van der Waals surface area contributed by atoms with Crippen molar-refractivity contribution in [3.05, 3.63) is 28.3 Å². The minimum Gasteiger partial charge on any atom is -0.495 e. The molecule has 0 aliphatic heterocycles. The number of nitro groups is 1. The summed E-state index contributed by atoms with van der Waals surface area (Å²) in [5.74, 6) is -0.120. The van der Waals surface area contributed by atoms with Gasteiger partial charge in [0, 0.05) is 12.1 Å². The molecule has 160 valence electrons. The van der Waals surface area contributed by atoms with E-state index in [2.05, 4.69) is 12.2 Å². The fourth-order valence-electron chi connectivity index (χ4n) is 3.65. The summed E-state index contributed by atoms with van der Waals surface area (Å²) in [7, 11) is 1.40. The van der Waals surface area contributed by atoms with Crippen LogP contribution in [0.2, 0.25) is 0 Å². The lowest BCUT2D eigenvalue weighted by atomic mass is 9.80. The molecule has 2 rings (SSSR count). The van der Waals surface area contributed by atoms with Crippen LogP contribution in [-0.2, 0) is 14.3 Å². The van der Waals surface area contributed by atoms with E-state index in [0.29, 0.717) is 5.92 Å². The lowest BCUT2D eigenvalue weighted by molar-refractivity contribution is -0.384. The average Bonchev–Trinajstić information content (AvgIpc) is 2.72. The number of hydrogen-bond acceptors (Lipinski definition) is 6. The molecule has 0 radical (unpaired) electrons. The number of nitrogens with one attached hydrogen (secondary N) is 1. The van der Waals surface area contributed by atoms with Crippen LogP contribution in [0, 0.1) is 22.0 Å². The molecule has 1 aromatic rings. The van der Waals surface area contributed by atoms with Crippen molar-refractivity contribution in [3.63, 3.8) is 0 Å². The van der Waals surface area contributed by atoms with Crippen molar-refractivity contribution in [2.45, 2.75) is 64.9 Å². The molecular formula is C21H30N2O6. The number of methoxy groups -OCH3 is 1. The number of nitrogens with zero attached hydrogens (tertiary/aromatic N) is 1. The first-order chi connectivity index (χ1) is 13.8. The van der Waals surface area contributed by atoms with E-state index in [1.165, 1.54) is 51.5 Å². The van der Waals surface area contributed by atoms with Crippen molar-refractivity contribution in [2.24, 2.45) is 11.8 Å². The summed E-state index contributed by atoms with van der Waals surface area (Å²) in [5, 5.41) is 13.5. The summed E-state index contributed by atoms with van der Waals surface area (Å²) in [4.78, 5) is 35.3. The zero-order chi connectivity index (χ0) is 21.4. The normalized spacial score (nSPS) is 19.8. The largest absolute Gasteiger partial charge is 0.495 e. The number of amides is 1. The number of anilines is 1.